The Hall–Kier alpha value is -2.57. The van der Waals surface area contributed by atoms with Gasteiger partial charge < -0.3 is 4.90 Å². The lowest BCUT2D eigenvalue weighted by atomic mass is 9.96. The molecule has 2 aromatic carbocycles. The standard InChI is InChI=1S/C24H23F2N3S/c25-23(26)19-8-5-7-18(14-19)22-11-10-17-6-1-2-9-21(17)29(22)24-27-15-20(30-24)16-28-12-3-4-13-28/h1-2,5-11,14-15,22-23H,3-4,12-13,16H2. The zero-order valence-corrected chi connectivity index (χ0v) is 17.4. The van der Waals surface area contributed by atoms with Crippen LogP contribution in [0.4, 0.5) is 19.6 Å². The Labute approximate surface area is 179 Å². The molecular formula is C24H23F2N3S. The first kappa shape index (κ1) is 19.4. The quantitative estimate of drug-likeness (QED) is 0.462. The number of fused-ring (bicyclic) bond motifs is 1. The van der Waals surface area contributed by atoms with Crippen LogP contribution in [0.15, 0.2) is 60.8 Å². The van der Waals surface area contributed by atoms with E-state index in [9.17, 15) is 8.78 Å². The van der Waals surface area contributed by atoms with E-state index in [-0.39, 0.29) is 11.6 Å². The number of benzene rings is 2. The molecule has 1 unspecified atom stereocenters. The monoisotopic (exact) mass is 423 g/mol. The Bertz CT molecular complexity index is 1060. The summed E-state index contributed by atoms with van der Waals surface area (Å²) in [5, 5.41) is 0.897. The third kappa shape index (κ3) is 3.77. The van der Waals surface area contributed by atoms with Gasteiger partial charge in [0.25, 0.3) is 6.43 Å². The fourth-order valence-corrected chi connectivity index (χ4v) is 5.28. The van der Waals surface area contributed by atoms with E-state index in [1.807, 2.05) is 24.4 Å². The molecule has 0 radical (unpaired) electrons. The molecule has 154 valence electrons. The molecule has 0 saturated carbocycles. The van der Waals surface area contributed by atoms with E-state index in [0.29, 0.717) is 0 Å². The highest BCUT2D eigenvalue weighted by Gasteiger charge is 2.28. The number of para-hydroxylation sites is 1. The molecule has 1 saturated heterocycles. The van der Waals surface area contributed by atoms with Crippen LogP contribution in [0.25, 0.3) is 6.08 Å². The van der Waals surface area contributed by atoms with Crippen molar-refractivity contribution in [1.82, 2.24) is 9.88 Å². The van der Waals surface area contributed by atoms with Crippen molar-refractivity contribution in [3.8, 4) is 0 Å². The summed E-state index contributed by atoms with van der Waals surface area (Å²) in [6.07, 6.45) is 6.16. The van der Waals surface area contributed by atoms with Gasteiger partial charge in [-0.3, -0.25) is 4.90 Å². The van der Waals surface area contributed by atoms with E-state index >= 15 is 0 Å². The van der Waals surface area contributed by atoms with Crippen LogP contribution in [0.1, 0.15) is 46.9 Å². The maximum absolute atomic E-state index is 13.3. The van der Waals surface area contributed by atoms with Gasteiger partial charge in [-0.15, -0.1) is 11.3 Å². The van der Waals surface area contributed by atoms with Crippen LogP contribution in [0.2, 0.25) is 0 Å². The second-order valence-electron chi connectivity index (χ2n) is 7.80. The van der Waals surface area contributed by atoms with Crippen LogP contribution < -0.4 is 4.90 Å². The number of nitrogens with zero attached hydrogens (tertiary/aromatic N) is 3. The summed E-state index contributed by atoms with van der Waals surface area (Å²) in [4.78, 5) is 10.6. The van der Waals surface area contributed by atoms with Crippen LogP contribution in [0, 0.1) is 0 Å². The lowest BCUT2D eigenvalue weighted by molar-refractivity contribution is 0.151. The lowest BCUT2D eigenvalue weighted by Crippen LogP contribution is -2.25. The zero-order chi connectivity index (χ0) is 20.5. The molecule has 3 aromatic rings. The van der Waals surface area contributed by atoms with Crippen molar-refractivity contribution in [2.24, 2.45) is 0 Å². The number of hydrogen-bond acceptors (Lipinski definition) is 4. The highest BCUT2D eigenvalue weighted by Crippen LogP contribution is 2.43. The number of rotatable bonds is 5. The Morgan fingerprint density at radius 2 is 1.90 bits per heavy atom. The number of halogens is 2. The highest BCUT2D eigenvalue weighted by molar-refractivity contribution is 7.15. The maximum atomic E-state index is 13.3. The van der Waals surface area contributed by atoms with Gasteiger partial charge in [0, 0.05) is 23.2 Å². The predicted octanol–water partition coefficient (Wildman–Crippen LogP) is 6.58. The number of anilines is 2. The van der Waals surface area contributed by atoms with Crippen molar-refractivity contribution in [3.05, 3.63) is 82.4 Å². The first-order valence-electron chi connectivity index (χ1n) is 10.3. The maximum Gasteiger partial charge on any atom is 0.263 e. The van der Waals surface area contributed by atoms with E-state index in [0.717, 1.165) is 41.6 Å². The summed E-state index contributed by atoms with van der Waals surface area (Å²) >= 11 is 1.69. The molecule has 0 bridgehead atoms. The topological polar surface area (TPSA) is 19.4 Å². The van der Waals surface area contributed by atoms with Gasteiger partial charge in [0.2, 0.25) is 0 Å². The zero-order valence-electron chi connectivity index (χ0n) is 16.5. The Morgan fingerprint density at radius 3 is 2.73 bits per heavy atom. The Kier molecular flexibility index (Phi) is 5.35. The Balaban J connectivity index is 1.53. The number of alkyl halides is 2. The third-order valence-electron chi connectivity index (χ3n) is 5.76. The molecule has 30 heavy (non-hydrogen) atoms. The molecule has 1 fully saturated rings. The molecule has 0 N–H and O–H groups in total. The van der Waals surface area contributed by atoms with Gasteiger partial charge in [-0.1, -0.05) is 48.6 Å². The van der Waals surface area contributed by atoms with E-state index in [2.05, 4.69) is 34.1 Å². The average molecular weight is 424 g/mol. The molecule has 0 spiro atoms. The van der Waals surface area contributed by atoms with Crippen molar-refractivity contribution < 1.29 is 8.78 Å². The minimum Gasteiger partial charge on any atom is -0.306 e. The molecular weight excluding hydrogens is 400 g/mol. The van der Waals surface area contributed by atoms with Crippen molar-refractivity contribution >= 4 is 28.2 Å². The van der Waals surface area contributed by atoms with Crippen LogP contribution in [0.5, 0.6) is 0 Å². The third-order valence-corrected chi connectivity index (χ3v) is 6.74. The summed E-state index contributed by atoms with van der Waals surface area (Å²) in [5.74, 6) is 0. The van der Waals surface area contributed by atoms with Crippen molar-refractivity contribution in [2.45, 2.75) is 31.9 Å². The van der Waals surface area contributed by atoms with E-state index in [1.54, 1.807) is 23.5 Å². The van der Waals surface area contributed by atoms with Gasteiger partial charge in [0.05, 0.1) is 11.7 Å². The van der Waals surface area contributed by atoms with Gasteiger partial charge >= 0.3 is 0 Å². The van der Waals surface area contributed by atoms with Gasteiger partial charge in [0.1, 0.15) is 0 Å². The second kappa shape index (κ2) is 8.28. The second-order valence-corrected chi connectivity index (χ2v) is 8.89. The van der Waals surface area contributed by atoms with Gasteiger partial charge in [-0.2, -0.15) is 0 Å². The molecule has 2 aliphatic heterocycles. The van der Waals surface area contributed by atoms with Gasteiger partial charge in [-0.25, -0.2) is 13.8 Å². The van der Waals surface area contributed by atoms with E-state index < -0.39 is 6.43 Å². The summed E-state index contributed by atoms with van der Waals surface area (Å²) in [6, 6.07) is 14.7. The fourth-order valence-electron chi connectivity index (χ4n) is 4.28. The summed E-state index contributed by atoms with van der Waals surface area (Å²) < 4.78 is 26.6. The summed E-state index contributed by atoms with van der Waals surface area (Å²) in [7, 11) is 0. The molecule has 1 atom stereocenters. The first-order valence-corrected chi connectivity index (χ1v) is 11.1. The van der Waals surface area contributed by atoms with Gasteiger partial charge in [-0.05, 0) is 49.2 Å². The SMILES string of the molecule is FC(F)c1cccc(C2C=Cc3ccccc3N2c2ncc(CN3CCCC3)s2)c1. The van der Waals surface area contributed by atoms with Crippen LogP contribution in [0.3, 0.4) is 0 Å². The van der Waals surface area contributed by atoms with Crippen molar-refractivity contribution in [1.29, 1.82) is 0 Å². The minimum absolute atomic E-state index is 0.0496. The average Bonchev–Trinajstić information content (AvgIpc) is 3.45. The molecule has 6 heteroatoms. The van der Waals surface area contributed by atoms with E-state index in [1.165, 1.54) is 23.8 Å². The minimum atomic E-state index is -2.48. The van der Waals surface area contributed by atoms with Crippen LogP contribution in [-0.2, 0) is 6.54 Å². The number of hydrogen-bond donors (Lipinski definition) is 0. The normalized spacial score (nSPS) is 18.9. The van der Waals surface area contributed by atoms with Crippen molar-refractivity contribution in [2.75, 3.05) is 18.0 Å². The summed E-state index contributed by atoms with van der Waals surface area (Å²) in [6.45, 7) is 3.21. The number of aromatic nitrogens is 1. The molecule has 0 aliphatic carbocycles. The fraction of sp³-hybridized carbons (Fsp3) is 0.292. The van der Waals surface area contributed by atoms with E-state index in [4.69, 9.17) is 4.98 Å². The molecule has 1 aromatic heterocycles. The molecule has 0 amide bonds. The van der Waals surface area contributed by atoms with Gasteiger partial charge in [0.15, 0.2) is 5.13 Å². The first-order chi connectivity index (χ1) is 14.7. The smallest absolute Gasteiger partial charge is 0.263 e. The molecule has 3 nitrogen and oxygen atoms in total. The van der Waals surface area contributed by atoms with Crippen molar-refractivity contribution in [3.63, 3.8) is 0 Å². The molecule has 5 rings (SSSR count). The molecule has 2 aliphatic rings. The summed E-state index contributed by atoms with van der Waals surface area (Å²) in [5.41, 5.74) is 3.05. The Morgan fingerprint density at radius 1 is 1.07 bits per heavy atom. The number of thiazole rings is 1. The van der Waals surface area contributed by atoms with Crippen LogP contribution >= 0.6 is 11.3 Å². The number of likely N-dealkylation sites (tertiary alicyclic amines) is 1. The highest BCUT2D eigenvalue weighted by atomic mass is 32.1. The van der Waals surface area contributed by atoms with Crippen LogP contribution in [-0.4, -0.2) is 23.0 Å². The largest absolute Gasteiger partial charge is 0.306 e. The lowest BCUT2D eigenvalue weighted by Gasteiger charge is -2.34. The predicted molar refractivity (Wildman–Crippen MR) is 118 cm³/mol. The molecule has 3 heterocycles.